The highest BCUT2D eigenvalue weighted by atomic mass is 32.2. The maximum absolute atomic E-state index is 13.1. The Hall–Kier alpha value is -4.28. The molecule has 8 N–H and O–H groups in total. The van der Waals surface area contributed by atoms with E-state index in [1.807, 2.05) is 0 Å². The number of carbonyl (C=O) groups excluding carboxylic acids is 1. The van der Waals surface area contributed by atoms with Gasteiger partial charge in [-0.3, -0.25) is 18.9 Å². The highest BCUT2D eigenvalue weighted by Gasteiger charge is 2.38. The molecule has 0 aliphatic heterocycles. The fraction of sp³-hybridized carbons (Fsp3) is 0.333. The minimum absolute atomic E-state index is 0.0370. The fourth-order valence-corrected chi connectivity index (χ4v) is 4.42. The first-order chi connectivity index (χ1) is 17.3. The topological polar surface area (TPSA) is 222 Å². The van der Waals surface area contributed by atoms with Crippen molar-refractivity contribution in [3.05, 3.63) is 57.5 Å². The van der Waals surface area contributed by atoms with Crippen LogP contribution in [-0.4, -0.2) is 48.2 Å². The molecule has 0 spiro atoms. The van der Waals surface area contributed by atoms with Crippen LogP contribution in [0.2, 0.25) is 0 Å². The second kappa shape index (κ2) is 12.3. The number of pyridine rings is 1. The van der Waals surface area contributed by atoms with Gasteiger partial charge in [0.1, 0.15) is 5.69 Å². The Morgan fingerprint density at radius 3 is 2.13 bits per heavy atom. The number of amides is 1. The highest BCUT2D eigenvalue weighted by molar-refractivity contribution is 7.92. The zero-order valence-corrected chi connectivity index (χ0v) is 21.4. The first-order valence-electron chi connectivity index (χ1n) is 10.5. The zero-order valence-electron chi connectivity index (χ0n) is 20.6. The van der Waals surface area contributed by atoms with Gasteiger partial charge in [0.15, 0.2) is 12.1 Å². The summed E-state index contributed by atoms with van der Waals surface area (Å²) in [6.45, 7) is 6.41. The van der Waals surface area contributed by atoms with Crippen LogP contribution in [0, 0.1) is 20.8 Å². The van der Waals surface area contributed by atoms with Gasteiger partial charge in [0.05, 0.1) is 4.90 Å². The van der Waals surface area contributed by atoms with E-state index in [9.17, 15) is 31.2 Å². The molecule has 2 atom stereocenters. The number of alkyl halides is 3. The lowest BCUT2D eigenvalue weighted by molar-refractivity contribution is -0.192. The minimum atomic E-state index is -5.08. The summed E-state index contributed by atoms with van der Waals surface area (Å²) in [5.41, 5.74) is 16.5. The van der Waals surface area contributed by atoms with E-state index in [0.29, 0.717) is 11.3 Å². The van der Waals surface area contributed by atoms with Crippen molar-refractivity contribution in [3.63, 3.8) is 0 Å². The minimum Gasteiger partial charge on any atom is -0.475 e. The monoisotopic (exact) mass is 564 g/mol. The Bertz CT molecular complexity index is 1390. The summed E-state index contributed by atoms with van der Waals surface area (Å²) >= 11 is 0. The molecule has 2 aromatic rings. The number of aliphatic carboxylic acids is 1. The maximum atomic E-state index is 13.1. The summed E-state index contributed by atoms with van der Waals surface area (Å²) in [6, 6.07) is 6.44. The largest absolute Gasteiger partial charge is 0.490 e. The number of hydrogen-bond donors (Lipinski definition) is 5. The standard InChI is InChI=1S/C19H26N6O5S.C2HF3O2/c1-10-5-6-11(2)15(9-10)31(28,29)24-14-8-7-12(3)25(18(14)27)16(17(20)26)13(4)30-23-19(21)22;3-2(4,5)1(6)7/h5-9,13,16,24H,1-4H3,(H2,20,26)(H4,21,22,23);(H,6,7). The van der Waals surface area contributed by atoms with Crippen molar-refractivity contribution < 1.29 is 41.1 Å². The van der Waals surface area contributed by atoms with Crippen molar-refractivity contribution in [2.75, 3.05) is 4.72 Å². The zero-order chi connectivity index (χ0) is 29.6. The number of carboxylic acids is 1. The number of sulfonamides is 1. The predicted molar refractivity (Wildman–Crippen MR) is 130 cm³/mol. The van der Waals surface area contributed by atoms with Crippen LogP contribution in [-0.2, 0) is 24.4 Å². The van der Waals surface area contributed by atoms with Gasteiger partial charge in [-0.2, -0.15) is 13.2 Å². The average molecular weight is 565 g/mol. The van der Waals surface area contributed by atoms with Gasteiger partial charge in [0, 0.05) is 5.69 Å². The lowest BCUT2D eigenvalue weighted by Gasteiger charge is -2.24. The summed E-state index contributed by atoms with van der Waals surface area (Å²) < 4.78 is 60.9. The number of rotatable bonds is 8. The van der Waals surface area contributed by atoms with Crippen molar-refractivity contribution >= 4 is 33.5 Å². The second-order valence-corrected chi connectivity index (χ2v) is 9.57. The molecule has 17 heteroatoms. The third-order valence-electron chi connectivity index (χ3n) is 4.78. The molecule has 0 saturated heterocycles. The van der Waals surface area contributed by atoms with E-state index in [4.69, 9.17) is 31.9 Å². The fourth-order valence-electron chi connectivity index (χ4n) is 3.04. The van der Waals surface area contributed by atoms with E-state index < -0.39 is 45.8 Å². The number of carboxylic acid groups (broad SMARTS) is 1. The number of guanidine groups is 1. The van der Waals surface area contributed by atoms with E-state index in [2.05, 4.69) is 9.88 Å². The molecule has 2 unspecified atom stereocenters. The predicted octanol–water partition coefficient (Wildman–Crippen LogP) is 0.828. The van der Waals surface area contributed by atoms with Crippen molar-refractivity contribution in [3.8, 4) is 0 Å². The first kappa shape index (κ1) is 31.7. The molecule has 0 bridgehead atoms. The van der Waals surface area contributed by atoms with E-state index in [-0.39, 0.29) is 16.5 Å². The molecule has 0 saturated carbocycles. The number of anilines is 1. The number of nitrogens with two attached hydrogens (primary N) is 3. The summed E-state index contributed by atoms with van der Waals surface area (Å²) in [7, 11) is -4.07. The highest BCUT2D eigenvalue weighted by Crippen LogP contribution is 2.21. The van der Waals surface area contributed by atoms with Gasteiger partial charge < -0.3 is 27.1 Å². The van der Waals surface area contributed by atoms with Gasteiger partial charge in [-0.25, -0.2) is 13.2 Å². The van der Waals surface area contributed by atoms with E-state index >= 15 is 0 Å². The van der Waals surface area contributed by atoms with Crippen LogP contribution < -0.4 is 27.5 Å². The maximum Gasteiger partial charge on any atom is 0.490 e. The van der Waals surface area contributed by atoms with E-state index in [1.165, 1.54) is 25.1 Å². The van der Waals surface area contributed by atoms with Crippen LogP contribution in [0.5, 0.6) is 0 Å². The number of aromatic nitrogens is 1. The van der Waals surface area contributed by atoms with E-state index in [1.54, 1.807) is 32.9 Å². The van der Waals surface area contributed by atoms with Crippen LogP contribution in [0.15, 0.2) is 45.2 Å². The normalized spacial score (nSPS) is 12.8. The van der Waals surface area contributed by atoms with Crippen molar-refractivity contribution in [2.45, 2.75) is 50.9 Å². The van der Waals surface area contributed by atoms with Gasteiger partial charge in [-0.15, -0.1) is 0 Å². The number of oxime groups is 1. The molecule has 0 aliphatic carbocycles. The lowest BCUT2D eigenvalue weighted by Crippen LogP contribution is -2.42. The molecular weight excluding hydrogens is 537 g/mol. The summed E-state index contributed by atoms with van der Waals surface area (Å²) in [4.78, 5) is 39.3. The molecule has 1 aromatic heterocycles. The lowest BCUT2D eigenvalue weighted by atomic mass is 10.1. The van der Waals surface area contributed by atoms with Gasteiger partial charge in [-0.1, -0.05) is 12.1 Å². The SMILES string of the molecule is Cc1ccc(C)c(S(=O)(=O)Nc2ccc(C)n(C(C(N)=O)C(C)ON=C(N)N)c2=O)c1.O=C(O)C(F)(F)F. The Morgan fingerprint density at radius 2 is 1.66 bits per heavy atom. The Labute approximate surface area is 215 Å². The summed E-state index contributed by atoms with van der Waals surface area (Å²) in [5, 5.41) is 10.5. The van der Waals surface area contributed by atoms with Crippen molar-refractivity contribution in [2.24, 2.45) is 22.4 Å². The number of primary amides is 1. The molecule has 0 fully saturated rings. The Balaban J connectivity index is 0.000000905. The number of nitrogens with zero attached hydrogens (tertiary/aromatic N) is 2. The van der Waals surface area contributed by atoms with Crippen LogP contribution in [0.25, 0.3) is 0 Å². The third-order valence-corrected chi connectivity index (χ3v) is 6.29. The van der Waals surface area contributed by atoms with Gasteiger partial charge in [0.25, 0.3) is 15.6 Å². The summed E-state index contributed by atoms with van der Waals surface area (Å²) in [6.07, 6.45) is -6.11. The van der Waals surface area contributed by atoms with Crippen LogP contribution in [0.1, 0.15) is 29.8 Å². The summed E-state index contributed by atoms with van der Waals surface area (Å²) in [5.74, 6) is -4.03. The number of nitrogens with one attached hydrogen (secondary N) is 1. The van der Waals surface area contributed by atoms with E-state index in [0.717, 1.165) is 10.1 Å². The molecule has 210 valence electrons. The number of aryl methyl sites for hydroxylation is 3. The average Bonchev–Trinajstić information content (AvgIpc) is 2.77. The Morgan fingerprint density at radius 1 is 1.11 bits per heavy atom. The molecular formula is C21H27F3N6O7S. The second-order valence-electron chi connectivity index (χ2n) is 7.91. The van der Waals surface area contributed by atoms with Crippen LogP contribution >= 0.6 is 0 Å². The first-order valence-corrected chi connectivity index (χ1v) is 11.9. The molecule has 1 heterocycles. The number of halogens is 3. The van der Waals surface area contributed by atoms with Crippen LogP contribution in [0.4, 0.5) is 18.9 Å². The number of benzene rings is 1. The van der Waals surface area contributed by atoms with Gasteiger partial charge in [-0.05, 0) is 62.2 Å². The van der Waals surface area contributed by atoms with Gasteiger partial charge in [0.2, 0.25) is 11.9 Å². The Kier molecular flexibility index (Phi) is 10.3. The molecule has 0 radical (unpaired) electrons. The molecule has 38 heavy (non-hydrogen) atoms. The molecule has 1 aromatic carbocycles. The quantitative estimate of drug-likeness (QED) is 0.174. The van der Waals surface area contributed by atoms with Crippen LogP contribution in [0.3, 0.4) is 0 Å². The third kappa shape index (κ3) is 8.39. The molecule has 0 aliphatic rings. The van der Waals surface area contributed by atoms with Crippen molar-refractivity contribution in [1.29, 1.82) is 0 Å². The molecule has 2 rings (SSSR count). The number of carbonyl (C=O) groups is 2. The van der Waals surface area contributed by atoms with Gasteiger partial charge >= 0.3 is 12.1 Å². The molecule has 13 nitrogen and oxygen atoms in total. The number of hydrogen-bond acceptors (Lipinski definition) is 7. The molecule has 1 amide bonds. The van der Waals surface area contributed by atoms with Crippen molar-refractivity contribution in [1.82, 2.24) is 4.57 Å². The smallest absolute Gasteiger partial charge is 0.475 e.